The van der Waals surface area contributed by atoms with Crippen LogP contribution in [0.1, 0.15) is 277 Å². The average molecular weight is 1070 g/mol. The zero-order chi connectivity index (χ0) is 54.9. The van der Waals surface area contributed by atoms with Crippen LogP contribution in [0.15, 0.2) is 85.1 Å². The van der Waals surface area contributed by atoms with E-state index in [4.69, 9.17) is 9.05 Å². The van der Waals surface area contributed by atoms with E-state index in [9.17, 15) is 19.4 Å². The molecule has 2 N–H and O–H groups in total. The van der Waals surface area contributed by atoms with Crippen LogP contribution in [0.25, 0.3) is 0 Å². The van der Waals surface area contributed by atoms with Crippen molar-refractivity contribution in [3.05, 3.63) is 85.1 Å². The highest BCUT2D eigenvalue weighted by Crippen LogP contribution is 2.38. The third-order valence-electron chi connectivity index (χ3n) is 13.8. The third-order valence-corrected chi connectivity index (χ3v) is 14.8. The molecular weight excluding hydrogens is 948 g/mol. The van der Waals surface area contributed by atoms with E-state index >= 15 is 0 Å². The molecule has 0 fully saturated rings. The van der Waals surface area contributed by atoms with Gasteiger partial charge in [-0.05, 0) is 77.0 Å². The second kappa shape index (κ2) is 56.4. The molecule has 0 bridgehead atoms. The Morgan fingerprint density at radius 2 is 0.827 bits per heavy atom. The summed E-state index contributed by atoms with van der Waals surface area (Å²) in [6.45, 7) is 4.54. The Morgan fingerprint density at radius 3 is 1.24 bits per heavy atom. The Kier molecular flexibility index (Phi) is 54.7. The molecule has 0 aliphatic rings. The third kappa shape index (κ3) is 59.2. The lowest BCUT2D eigenvalue weighted by molar-refractivity contribution is -0.870. The van der Waals surface area contributed by atoms with Crippen LogP contribution in [0.2, 0.25) is 0 Å². The quantitative estimate of drug-likeness (QED) is 0.0272. The lowest BCUT2D eigenvalue weighted by atomic mass is 10.0. The summed E-state index contributed by atoms with van der Waals surface area (Å²) in [5.74, 6) is -0.206. The summed E-state index contributed by atoms with van der Waals surface area (Å²) in [6, 6.07) is -0.907. The molecule has 3 atom stereocenters. The second-order valence-electron chi connectivity index (χ2n) is 22.4. The van der Waals surface area contributed by atoms with Gasteiger partial charge in [0, 0.05) is 6.42 Å². The number of hydrogen-bond donors (Lipinski definition) is 2. The van der Waals surface area contributed by atoms with E-state index in [1.165, 1.54) is 186 Å². The second-order valence-corrected chi connectivity index (χ2v) is 23.8. The van der Waals surface area contributed by atoms with Gasteiger partial charge in [-0.2, -0.15) is 0 Å². The monoisotopic (exact) mass is 1070 g/mol. The van der Waals surface area contributed by atoms with E-state index < -0.39 is 26.6 Å². The number of allylic oxidation sites excluding steroid dienone is 13. The summed E-state index contributed by atoms with van der Waals surface area (Å²) in [5.41, 5.74) is 0. The Morgan fingerprint density at radius 1 is 0.480 bits per heavy atom. The topological polar surface area (TPSA) is 108 Å². The fraction of sp³-hybridized carbons (Fsp3) is 0.773. The van der Waals surface area contributed by atoms with Crippen molar-refractivity contribution in [2.45, 2.75) is 289 Å². The zero-order valence-electron chi connectivity index (χ0n) is 49.7. The summed E-state index contributed by atoms with van der Waals surface area (Å²) in [5, 5.41) is 13.9. The fourth-order valence-corrected chi connectivity index (χ4v) is 9.69. The van der Waals surface area contributed by atoms with Gasteiger partial charge in [-0.1, -0.05) is 279 Å². The van der Waals surface area contributed by atoms with E-state index in [-0.39, 0.29) is 12.5 Å². The predicted octanol–water partition coefficient (Wildman–Crippen LogP) is 19.0. The number of quaternary nitrogens is 1. The number of aliphatic hydroxyl groups excluding tert-OH is 1. The molecule has 0 aliphatic heterocycles. The van der Waals surface area contributed by atoms with Gasteiger partial charge in [0.25, 0.3) is 7.82 Å². The highest BCUT2D eigenvalue weighted by atomic mass is 31.2. The van der Waals surface area contributed by atoms with Crippen LogP contribution in [0, 0.1) is 0 Å². The minimum absolute atomic E-state index is 0.00797. The van der Waals surface area contributed by atoms with Crippen LogP contribution in [-0.2, 0) is 18.4 Å². The van der Waals surface area contributed by atoms with Gasteiger partial charge in [-0.25, -0.2) is 0 Å². The number of nitrogens with zero attached hydrogens (tertiary/aromatic N) is 1. The molecule has 0 aromatic heterocycles. The van der Waals surface area contributed by atoms with Crippen molar-refractivity contribution in [1.29, 1.82) is 0 Å². The minimum atomic E-state index is -4.61. The van der Waals surface area contributed by atoms with Crippen molar-refractivity contribution in [1.82, 2.24) is 5.32 Å². The number of aliphatic hydroxyl groups is 1. The fourth-order valence-electron chi connectivity index (χ4n) is 8.96. The first kappa shape index (κ1) is 72.7. The molecule has 3 unspecified atom stereocenters. The maximum absolute atomic E-state index is 13.0. The van der Waals surface area contributed by atoms with E-state index in [0.29, 0.717) is 17.4 Å². The Labute approximate surface area is 465 Å². The van der Waals surface area contributed by atoms with Gasteiger partial charge in [0.05, 0.1) is 39.9 Å². The van der Waals surface area contributed by atoms with Crippen LogP contribution in [-0.4, -0.2) is 68.5 Å². The minimum Gasteiger partial charge on any atom is -0.756 e. The molecule has 0 saturated heterocycles. The number of carbonyl (C=O) groups excluding carboxylic acids is 1. The Bertz CT molecular complexity index is 1500. The smallest absolute Gasteiger partial charge is 0.268 e. The summed E-state index contributed by atoms with van der Waals surface area (Å²) in [7, 11) is 1.24. The molecule has 1 amide bonds. The van der Waals surface area contributed by atoms with Crippen molar-refractivity contribution >= 4 is 13.7 Å². The van der Waals surface area contributed by atoms with Crippen molar-refractivity contribution in [2.24, 2.45) is 0 Å². The van der Waals surface area contributed by atoms with Gasteiger partial charge in [-0.15, -0.1) is 0 Å². The lowest BCUT2D eigenvalue weighted by Crippen LogP contribution is -2.45. The van der Waals surface area contributed by atoms with Gasteiger partial charge in [0.15, 0.2) is 0 Å². The van der Waals surface area contributed by atoms with Crippen LogP contribution >= 0.6 is 7.82 Å². The molecule has 0 saturated carbocycles. The van der Waals surface area contributed by atoms with Gasteiger partial charge < -0.3 is 28.8 Å². The first-order valence-electron chi connectivity index (χ1n) is 31.4. The molecule has 436 valence electrons. The molecule has 0 aliphatic carbocycles. The molecule has 9 heteroatoms. The highest BCUT2D eigenvalue weighted by Gasteiger charge is 2.23. The SMILES string of the molecule is CC/C=C\C/C=C\C/C=C\C/C=C\C/C=C\CCCCCCCCCCCCCCCCCCCC(=O)NC(COP(=O)([O-])OCC[N+](C)(C)C)C(O)/C=C/CC/C=C/CCCCCCCCCCCCCCCC. The number of phosphoric ester groups is 1. The van der Waals surface area contributed by atoms with Crippen LogP contribution in [0.4, 0.5) is 0 Å². The molecule has 0 heterocycles. The van der Waals surface area contributed by atoms with E-state index in [2.05, 4.69) is 92.1 Å². The van der Waals surface area contributed by atoms with E-state index in [1.54, 1.807) is 6.08 Å². The number of carbonyl (C=O) groups is 1. The Hall–Kier alpha value is -2.32. The molecular formula is C66H121N2O6P. The average Bonchev–Trinajstić information content (AvgIpc) is 3.37. The number of unbranched alkanes of at least 4 members (excludes halogenated alkanes) is 32. The zero-order valence-corrected chi connectivity index (χ0v) is 50.6. The van der Waals surface area contributed by atoms with Crippen LogP contribution < -0.4 is 10.2 Å². The predicted molar refractivity (Wildman–Crippen MR) is 325 cm³/mol. The number of hydrogen-bond acceptors (Lipinski definition) is 6. The number of amides is 1. The summed E-state index contributed by atoms with van der Waals surface area (Å²) < 4.78 is 23.4. The maximum atomic E-state index is 13.0. The molecule has 8 nitrogen and oxygen atoms in total. The summed E-state index contributed by atoms with van der Waals surface area (Å²) >= 11 is 0. The molecule has 75 heavy (non-hydrogen) atoms. The van der Waals surface area contributed by atoms with Crippen molar-refractivity contribution in [3.8, 4) is 0 Å². The van der Waals surface area contributed by atoms with E-state index in [0.717, 1.165) is 70.6 Å². The van der Waals surface area contributed by atoms with Crippen LogP contribution in [0.3, 0.4) is 0 Å². The molecule has 0 radical (unpaired) electrons. The van der Waals surface area contributed by atoms with E-state index in [1.807, 2.05) is 27.2 Å². The Balaban J connectivity index is 4.12. The highest BCUT2D eigenvalue weighted by molar-refractivity contribution is 7.45. The molecule has 0 rings (SSSR count). The maximum Gasteiger partial charge on any atom is 0.268 e. The van der Waals surface area contributed by atoms with Gasteiger partial charge in [0.1, 0.15) is 13.2 Å². The first-order valence-corrected chi connectivity index (χ1v) is 32.9. The lowest BCUT2D eigenvalue weighted by Gasteiger charge is -2.29. The van der Waals surface area contributed by atoms with Gasteiger partial charge in [-0.3, -0.25) is 9.36 Å². The summed E-state index contributed by atoms with van der Waals surface area (Å²) in [6.07, 6.45) is 79.7. The standard InChI is InChI=1S/C66H121N2O6P/c1-6-8-10-12-14-16-18-20-22-24-26-28-29-30-31-32-33-34-35-36-37-38-39-40-42-44-46-48-50-52-54-56-58-60-66(70)67-64(63-74-75(71,72)73-62-61-68(3,4)5)65(69)59-57-55-53-51-49-47-45-43-41-27-25-23-21-19-17-15-13-11-9-7-2/h8,10,14,16,20,22,26,28,30-31,49,51,57,59,64-65,69H,6-7,9,11-13,15,17-19,21,23-25,27,29,32-48,50,52-56,58,60-63H2,1-5H3,(H-,67,70,71,72)/b10-8-,16-14-,22-20-,28-26-,31-30-,51-49+,59-57+. The summed E-state index contributed by atoms with van der Waals surface area (Å²) in [4.78, 5) is 25.5. The largest absolute Gasteiger partial charge is 0.756 e. The normalized spacial score (nSPS) is 14.4. The molecule has 0 spiro atoms. The number of likely N-dealkylation sites (N-methyl/N-ethyl adjacent to an activating group) is 1. The van der Waals surface area contributed by atoms with Gasteiger partial charge in [0.2, 0.25) is 5.91 Å². The van der Waals surface area contributed by atoms with Crippen molar-refractivity contribution in [2.75, 3.05) is 40.9 Å². The van der Waals surface area contributed by atoms with Gasteiger partial charge >= 0.3 is 0 Å². The van der Waals surface area contributed by atoms with Crippen molar-refractivity contribution < 1.29 is 32.9 Å². The molecule has 0 aromatic rings. The number of rotatable bonds is 57. The number of phosphoric acid groups is 1. The van der Waals surface area contributed by atoms with Crippen LogP contribution in [0.5, 0.6) is 0 Å². The number of nitrogens with one attached hydrogen (secondary N) is 1. The first-order chi connectivity index (χ1) is 36.5. The van der Waals surface area contributed by atoms with Crippen molar-refractivity contribution in [3.63, 3.8) is 0 Å². The molecule has 0 aromatic carbocycles.